The van der Waals surface area contributed by atoms with E-state index in [-0.39, 0.29) is 29.1 Å². The maximum atomic E-state index is 13.0. The molecule has 0 aromatic rings. The predicted molar refractivity (Wildman–Crippen MR) is 95.4 cm³/mol. The molecule has 1 heterocycles. The van der Waals surface area contributed by atoms with Crippen molar-refractivity contribution in [1.29, 1.82) is 0 Å². The van der Waals surface area contributed by atoms with Crippen LogP contribution < -0.4 is 5.32 Å². The number of rotatable bonds is 5. The van der Waals surface area contributed by atoms with Gasteiger partial charge in [-0.15, -0.1) is 0 Å². The lowest BCUT2D eigenvalue weighted by Crippen LogP contribution is -2.43. The molecule has 4 heteroatoms. The number of nitrogens with zero attached hydrogens (tertiary/aromatic N) is 1. The Labute approximate surface area is 146 Å². The minimum atomic E-state index is 0.0129. The Hall–Kier alpha value is -1.06. The summed E-state index contributed by atoms with van der Waals surface area (Å²) in [6, 6.07) is 0.375. The standard InChI is InChI=1S/C20H34N2O2/c1-3-15(4-2)19(24)22-13-17(20(14-22)11-7-8-12-20)18(23)21-16-9-5-6-10-16/h15-17H,3-14H2,1-2H3,(H,21,23)/t17-/m1/s1. The predicted octanol–water partition coefficient (Wildman–Crippen LogP) is 3.50. The Morgan fingerprint density at radius 2 is 1.71 bits per heavy atom. The van der Waals surface area contributed by atoms with Gasteiger partial charge < -0.3 is 10.2 Å². The van der Waals surface area contributed by atoms with Crippen LogP contribution in [0, 0.1) is 17.3 Å². The van der Waals surface area contributed by atoms with Crippen LogP contribution in [0.3, 0.4) is 0 Å². The summed E-state index contributed by atoms with van der Waals surface area (Å²) < 4.78 is 0. The van der Waals surface area contributed by atoms with Crippen LogP contribution in [0.5, 0.6) is 0 Å². The van der Waals surface area contributed by atoms with Gasteiger partial charge in [-0.2, -0.15) is 0 Å². The van der Waals surface area contributed by atoms with Gasteiger partial charge in [0, 0.05) is 30.5 Å². The first-order chi connectivity index (χ1) is 11.6. The lowest BCUT2D eigenvalue weighted by Gasteiger charge is -2.30. The van der Waals surface area contributed by atoms with Crippen LogP contribution >= 0.6 is 0 Å². The van der Waals surface area contributed by atoms with Crippen molar-refractivity contribution >= 4 is 11.8 Å². The highest BCUT2D eigenvalue weighted by atomic mass is 16.2. The first-order valence-electron chi connectivity index (χ1n) is 10.2. The Balaban J connectivity index is 1.71. The Morgan fingerprint density at radius 3 is 2.29 bits per heavy atom. The second-order valence-corrected chi connectivity index (χ2v) is 8.34. The molecule has 2 aliphatic carbocycles. The number of hydrogen-bond donors (Lipinski definition) is 1. The van der Waals surface area contributed by atoms with Gasteiger partial charge >= 0.3 is 0 Å². The van der Waals surface area contributed by atoms with Gasteiger partial charge in [-0.05, 0) is 38.5 Å². The molecule has 0 bridgehead atoms. The monoisotopic (exact) mass is 334 g/mol. The lowest BCUT2D eigenvalue weighted by atomic mass is 9.76. The summed E-state index contributed by atoms with van der Waals surface area (Å²) in [6.45, 7) is 5.65. The fourth-order valence-corrected chi connectivity index (χ4v) is 5.35. The van der Waals surface area contributed by atoms with Crippen molar-refractivity contribution < 1.29 is 9.59 Å². The highest BCUT2D eigenvalue weighted by Gasteiger charge is 2.52. The number of nitrogens with one attached hydrogen (secondary N) is 1. The van der Waals surface area contributed by atoms with Gasteiger partial charge in [-0.3, -0.25) is 9.59 Å². The number of carbonyl (C=O) groups excluding carboxylic acids is 2. The second kappa shape index (κ2) is 7.45. The molecule has 0 aromatic carbocycles. The summed E-state index contributed by atoms with van der Waals surface area (Å²) in [6.07, 6.45) is 11.2. The molecular formula is C20H34N2O2. The summed E-state index contributed by atoms with van der Waals surface area (Å²) in [4.78, 5) is 27.9. The van der Waals surface area contributed by atoms with E-state index in [2.05, 4.69) is 19.2 Å². The molecule has 3 rings (SSSR count). The largest absolute Gasteiger partial charge is 0.353 e. The van der Waals surface area contributed by atoms with Crippen molar-refractivity contribution in [3.63, 3.8) is 0 Å². The SMILES string of the molecule is CCC(CC)C(=O)N1C[C@H](C(=O)NC2CCCC2)C2(CCCC2)C1. The zero-order valence-electron chi connectivity index (χ0n) is 15.5. The topological polar surface area (TPSA) is 49.4 Å². The van der Waals surface area contributed by atoms with Gasteiger partial charge in [-0.25, -0.2) is 0 Å². The highest BCUT2D eigenvalue weighted by Crippen LogP contribution is 2.49. The van der Waals surface area contributed by atoms with Crippen LogP contribution in [0.4, 0.5) is 0 Å². The van der Waals surface area contributed by atoms with E-state index in [9.17, 15) is 9.59 Å². The molecule has 1 aliphatic heterocycles. The molecule has 1 atom stereocenters. The Bertz CT molecular complexity index is 460. The average Bonchev–Trinajstić information content (AvgIpc) is 3.31. The molecule has 136 valence electrons. The van der Waals surface area contributed by atoms with E-state index in [0.717, 1.165) is 45.1 Å². The maximum absolute atomic E-state index is 13.0. The van der Waals surface area contributed by atoms with E-state index in [4.69, 9.17) is 0 Å². The minimum Gasteiger partial charge on any atom is -0.353 e. The molecule has 0 unspecified atom stereocenters. The van der Waals surface area contributed by atoms with E-state index in [1.807, 2.05) is 4.90 Å². The van der Waals surface area contributed by atoms with Crippen molar-refractivity contribution in [3.8, 4) is 0 Å². The summed E-state index contributed by atoms with van der Waals surface area (Å²) in [5, 5.41) is 3.31. The average molecular weight is 335 g/mol. The first-order valence-corrected chi connectivity index (χ1v) is 10.2. The molecule has 3 aliphatic rings. The summed E-state index contributed by atoms with van der Waals surface area (Å²) in [7, 11) is 0. The van der Waals surface area contributed by atoms with E-state index >= 15 is 0 Å². The molecule has 0 aromatic heterocycles. The van der Waals surface area contributed by atoms with Crippen molar-refractivity contribution in [2.24, 2.45) is 17.3 Å². The van der Waals surface area contributed by atoms with Crippen LogP contribution in [0.25, 0.3) is 0 Å². The van der Waals surface area contributed by atoms with Crippen LogP contribution in [0.1, 0.15) is 78.1 Å². The van der Waals surface area contributed by atoms with Gasteiger partial charge in [0.15, 0.2) is 0 Å². The fraction of sp³-hybridized carbons (Fsp3) is 0.900. The molecule has 2 saturated carbocycles. The molecule has 1 saturated heterocycles. The molecule has 1 spiro atoms. The number of likely N-dealkylation sites (tertiary alicyclic amines) is 1. The fourth-order valence-electron chi connectivity index (χ4n) is 5.35. The zero-order chi connectivity index (χ0) is 17.2. The third-order valence-corrected chi connectivity index (χ3v) is 6.91. The quantitative estimate of drug-likeness (QED) is 0.836. The van der Waals surface area contributed by atoms with Gasteiger partial charge in [-0.1, -0.05) is 39.5 Å². The van der Waals surface area contributed by atoms with Crippen molar-refractivity contribution in [3.05, 3.63) is 0 Å². The molecular weight excluding hydrogens is 300 g/mol. The molecule has 24 heavy (non-hydrogen) atoms. The van der Waals surface area contributed by atoms with E-state index in [1.54, 1.807) is 0 Å². The second-order valence-electron chi connectivity index (χ2n) is 8.34. The minimum absolute atomic E-state index is 0.0129. The lowest BCUT2D eigenvalue weighted by molar-refractivity contribution is -0.135. The Morgan fingerprint density at radius 1 is 1.08 bits per heavy atom. The number of amides is 2. The van der Waals surface area contributed by atoms with Gasteiger partial charge in [0.1, 0.15) is 0 Å². The third kappa shape index (κ3) is 3.34. The molecule has 4 nitrogen and oxygen atoms in total. The smallest absolute Gasteiger partial charge is 0.225 e. The van der Waals surface area contributed by atoms with Gasteiger partial charge in [0.05, 0.1) is 5.92 Å². The Kier molecular flexibility index (Phi) is 5.51. The van der Waals surface area contributed by atoms with Crippen LogP contribution in [0.2, 0.25) is 0 Å². The zero-order valence-corrected chi connectivity index (χ0v) is 15.5. The maximum Gasteiger partial charge on any atom is 0.225 e. The van der Waals surface area contributed by atoms with Crippen molar-refractivity contribution in [1.82, 2.24) is 10.2 Å². The number of hydrogen-bond acceptors (Lipinski definition) is 2. The summed E-state index contributed by atoms with van der Waals surface area (Å²) in [5.74, 6) is 0.644. The third-order valence-electron chi connectivity index (χ3n) is 6.91. The van der Waals surface area contributed by atoms with Crippen LogP contribution in [-0.2, 0) is 9.59 Å². The van der Waals surface area contributed by atoms with Gasteiger partial charge in [0.25, 0.3) is 0 Å². The van der Waals surface area contributed by atoms with E-state index < -0.39 is 0 Å². The first kappa shape index (κ1) is 17.8. The highest BCUT2D eigenvalue weighted by molar-refractivity contribution is 5.84. The molecule has 1 N–H and O–H groups in total. The van der Waals surface area contributed by atoms with E-state index in [1.165, 1.54) is 25.7 Å². The van der Waals surface area contributed by atoms with Crippen LogP contribution in [0.15, 0.2) is 0 Å². The summed E-state index contributed by atoms with van der Waals surface area (Å²) in [5.41, 5.74) is 0.0599. The summed E-state index contributed by atoms with van der Waals surface area (Å²) >= 11 is 0. The normalized spacial score (nSPS) is 26.6. The number of carbonyl (C=O) groups is 2. The molecule has 3 fully saturated rings. The molecule has 0 radical (unpaired) electrons. The van der Waals surface area contributed by atoms with E-state index in [0.29, 0.717) is 12.6 Å². The van der Waals surface area contributed by atoms with Gasteiger partial charge in [0.2, 0.25) is 11.8 Å². The van der Waals surface area contributed by atoms with Crippen LogP contribution in [-0.4, -0.2) is 35.8 Å². The molecule has 2 amide bonds. The van der Waals surface area contributed by atoms with Crippen molar-refractivity contribution in [2.75, 3.05) is 13.1 Å². The van der Waals surface area contributed by atoms with Crippen molar-refractivity contribution in [2.45, 2.75) is 84.1 Å².